The summed E-state index contributed by atoms with van der Waals surface area (Å²) in [7, 11) is 4.29. The largest absolute Gasteiger partial charge is 0.376 e. The number of aliphatic imine (C=N–C) groups is 1. The maximum Gasteiger partial charge on any atom is 0.192 e. The number of aryl methyl sites for hydroxylation is 1. The minimum Gasteiger partial charge on any atom is -0.376 e. The maximum atomic E-state index is 5.77. The van der Waals surface area contributed by atoms with E-state index >= 15 is 0 Å². The Bertz CT molecular complexity index is 668. The van der Waals surface area contributed by atoms with E-state index in [0.717, 1.165) is 43.6 Å². The Morgan fingerprint density at radius 3 is 2.57 bits per heavy atom. The third kappa shape index (κ3) is 4.49. The molecule has 0 aliphatic carbocycles. The van der Waals surface area contributed by atoms with Crippen molar-refractivity contribution in [2.75, 3.05) is 20.2 Å². The van der Waals surface area contributed by atoms with Gasteiger partial charge >= 0.3 is 0 Å². The van der Waals surface area contributed by atoms with Crippen molar-refractivity contribution in [2.45, 2.75) is 82.6 Å². The molecule has 0 radical (unpaired) electrons. The molecule has 3 aliphatic rings. The van der Waals surface area contributed by atoms with Gasteiger partial charge in [-0.25, -0.2) is 4.99 Å². The summed E-state index contributed by atoms with van der Waals surface area (Å²) in [5, 5.41) is 15.6. The first-order valence-electron chi connectivity index (χ1n) is 10.8. The van der Waals surface area contributed by atoms with Gasteiger partial charge in [0.1, 0.15) is 12.4 Å². The van der Waals surface area contributed by atoms with Gasteiger partial charge in [0.15, 0.2) is 11.8 Å². The predicted molar refractivity (Wildman–Crippen MR) is 109 cm³/mol. The van der Waals surface area contributed by atoms with Gasteiger partial charge in [0.25, 0.3) is 0 Å². The minimum atomic E-state index is 0.293. The Labute approximate surface area is 168 Å². The first-order chi connectivity index (χ1) is 13.6. The predicted octanol–water partition coefficient (Wildman–Crippen LogP) is 1.35. The summed E-state index contributed by atoms with van der Waals surface area (Å²) in [4.78, 5) is 7.44. The first-order valence-corrected chi connectivity index (χ1v) is 10.8. The van der Waals surface area contributed by atoms with Crippen molar-refractivity contribution in [3.8, 4) is 0 Å². The van der Waals surface area contributed by atoms with E-state index in [9.17, 15) is 0 Å². The summed E-state index contributed by atoms with van der Waals surface area (Å²) in [5.41, 5.74) is 0. The van der Waals surface area contributed by atoms with Gasteiger partial charge in [0.05, 0.1) is 6.10 Å². The highest BCUT2D eigenvalue weighted by molar-refractivity contribution is 5.80. The number of aromatic nitrogens is 3. The zero-order valence-electron chi connectivity index (χ0n) is 17.5. The lowest BCUT2D eigenvalue weighted by Crippen LogP contribution is -2.57. The highest BCUT2D eigenvalue weighted by Crippen LogP contribution is 2.32. The fraction of sp³-hybridized carbons (Fsp3) is 0.850. The van der Waals surface area contributed by atoms with Crippen LogP contribution in [0, 0.1) is 6.92 Å². The molecule has 2 N–H and O–H groups in total. The van der Waals surface area contributed by atoms with Gasteiger partial charge in [-0.3, -0.25) is 0 Å². The highest BCUT2D eigenvalue weighted by Gasteiger charge is 2.36. The lowest BCUT2D eigenvalue weighted by molar-refractivity contribution is 0.0525. The van der Waals surface area contributed by atoms with Gasteiger partial charge in [-0.05, 0) is 52.5 Å². The van der Waals surface area contributed by atoms with Crippen molar-refractivity contribution in [3.63, 3.8) is 0 Å². The van der Waals surface area contributed by atoms with E-state index in [4.69, 9.17) is 9.73 Å². The molecular weight excluding hydrogens is 354 g/mol. The van der Waals surface area contributed by atoms with Crippen molar-refractivity contribution in [1.82, 2.24) is 30.3 Å². The second-order valence-electron chi connectivity index (χ2n) is 8.62. The van der Waals surface area contributed by atoms with Crippen LogP contribution in [-0.4, -0.2) is 70.1 Å². The summed E-state index contributed by atoms with van der Waals surface area (Å²) in [6, 6.07) is 1.88. The van der Waals surface area contributed by atoms with E-state index in [1.807, 2.05) is 18.5 Å². The number of nitrogens with zero attached hydrogens (tertiary/aromatic N) is 5. The van der Waals surface area contributed by atoms with Crippen molar-refractivity contribution in [3.05, 3.63) is 11.6 Å². The van der Waals surface area contributed by atoms with Crippen LogP contribution in [0.1, 0.15) is 56.6 Å². The van der Waals surface area contributed by atoms with Crippen LogP contribution < -0.4 is 10.6 Å². The SMILES string of the molecule is Cc1nnc(CN=C(NCC2CCCO2)NC2CC3CCCC(C2)N3C)n1C. The maximum absolute atomic E-state index is 5.77. The molecule has 0 aromatic carbocycles. The lowest BCUT2D eigenvalue weighted by atomic mass is 9.82. The molecule has 0 spiro atoms. The van der Waals surface area contributed by atoms with Crippen LogP contribution in [0.25, 0.3) is 0 Å². The number of ether oxygens (including phenoxy) is 1. The molecule has 2 bridgehead atoms. The fourth-order valence-corrected chi connectivity index (χ4v) is 4.83. The molecule has 1 aromatic heterocycles. The summed E-state index contributed by atoms with van der Waals surface area (Å²) < 4.78 is 7.78. The zero-order valence-corrected chi connectivity index (χ0v) is 17.5. The van der Waals surface area contributed by atoms with Crippen LogP contribution in [-0.2, 0) is 18.3 Å². The van der Waals surface area contributed by atoms with Crippen molar-refractivity contribution >= 4 is 5.96 Å². The third-order valence-corrected chi connectivity index (χ3v) is 6.76. The molecule has 8 nitrogen and oxygen atoms in total. The molecule has 4 heterocycles. The number of piperidine rings is 2. The van der Waals surface area contributed by atoms with Crippen molar-refractivity contribution < 1.29 is 4.74 Å². The van der Waals surface area contributed by atoms with E-state index in [2.05, 4.69) is 32.8 Å². The molecule has 8 heteroatoms. The Kier molecular flexibility index (Phi) is 6.16. The summed E-state index contributed by atoms with van der Waals surface area (Å²) in [5.74, 6) is 2.68. The van der Waals surface area contributed by atoms with Gasteiger partial charge in [-0.15, -0.1) is 10.2 Å². The van der Waals surface area contributed by atoms with Crippen LogP contribution in [0.5, 0.6) is 0 Å². The summed E-state index contributed by atoms with van der Waals surface area (Å²) in [6.07, 6.45) is 8.97. The monoisotopic (exact) mass is 389 g/mol. The number of rotatable bonds is 5. The number of guanidine groups is 1. The fourth-order valence-electron chi connectivity index (χ4n) is 4.83. The normalized spacial score (nSPS) is 31.2. The molecule has 3 saturated heterocycles. The second-order valence-corrected chi connectivity index (χ2v) is 8.62. The van der Waals surface area contributed by atoms with E-state index in [1.54, 1.807) is 0 Å². The van der Waals surface area contributed by atoms with Crippen molar-refractivity contribution in [1.29, 1.82) is 0 Å². The molecule has 1 aromatic rings. The molecule has 3 aliphatic heterocycles. The van der Waals surface area contributed by atoms with Gasteiger partial charge in [0.2, 0.25) is 0 Å². The van der Waals surface area contributed by atoms with Crippen LogP contribution >= 0.6 is 0 Å². The summed E-state index contributed by atoms with van der Waals surface area (Å²) >= 11 is 0. The topological polar surface area (TPSA) is 79.6 Å². The molecule has 0 amide bonds. The number of hydrogen-bond donors (Lipinski definition) is 2. The number of fused-ring (bicyclic) bond motifs is 2. The van der Waals surface area contributed by atoms with Gasteiger partial charge in [0, 0.05) is 38.3 Å². The highest BCUT2D eigenvalue weighted by atomic mass is 16.5. The van der Waals surface area contributed by atoms with E-state index in [-0.39, 0.29) is 0 Å². The molecule has 3 fully saturated rings. The van der Waals surface area contributed by atoms with Gasteiger partial charge in [-0.2, -0.15) is 0 Å². The molecular formula is C20H35N7O. The Morgan fingerprint density at radius 2 is 1.93 bits per heavy atom. The van der Waals surface area contributed by atoms with Crippen LogP contribution in [0.15, 0.2) is 4.99 Å². The third-order valence-electron chi connectivity index (χ3n) is 6.76. The molecule has 156 valence electrons. The molecule has 3 atom stereocenters. The average Bonchev–Trinajstić information content (AvgIpc) is 3.29. The second kappa shape index (κ2) is 8.78. The van der Waals surface area contributed by atoms with Gasteiger partial charge < -0.3 is 24.8 Å². The standard InChI is InChI=1S/C20H35N7O/c1-14-24-25-19(26(14)2)13-22-20(21-12-18-8-5-9-28-18)23-15-10-16-6-4-7-17(11-15)27(16)3/h15-18H,4-13H2,1-3H3,(H2,21,22,23). The molecule has 3 unspecified atom stereocenters. The van der Waals surface area contributed by atoms with E-state index < -0.39 is 0 Å². The molecule has 28 heavy (non-hydrogen) atoms. The Hall–Kier alpha value is -1.67. The first kappa shape index (κ1) is 19.6. The summed E-state index contributed by atoms with van der Waals surface area (Å²) in [6.45, 7) is 4.18. The quantitative estimate of drug-likeness (QED) is 0.585. The van der Waals surface area contributed by atoms with E-state index in [1.165, 1.54) is 32.1 Å². The smallest absolute Gasteiger partial charge is 0.192 e. The van der Waals surface area contributed by atoms with Gasteiger partial charge in [-0.1, -0.05) is 6.42 Å². The number of hydrogen-bond acceptors (Lipinski definition) is 5. The molecule has 0 saturated carbocycles. The molecule has 4 rings (SSSR count). The van der Waals surface area contributed by atoms with Crippen LogP contribution in [0.4, 0.5) is 0 Å². The lowest BCUT2D eigenvalue weighted by Gasteiger charge is -2.47. The minimum absolute atomic E-state index is 0.293. The van der Waals surface area contributed by atoms with Crippen LogP contribution in [0.3, 0.4) is 0 Å². The Balaban J connectivity index is 1.41. The van der Waals surface area contributed by atoms with Crippen molar-refractivity contribution in [2.24, 2.45) is 12.0 Å². The number of nitrogens with one attached hydrogen (secondary N) is 2. The average molecular weight is 390 g/mol. The van der Waals surface area contributed by atoms with E-state index in [0.29, 0.717) is 30.8 Å². The van der Waals surface area contributed by atoms with Crippen LogP contribution in [0.2, 0.25) is 0 Å². The zero-order chi connectivity index (χ0) is 19.5. The Morgan fingerprint density at radius 1 is 1.14 bits per heavy atom.